The lowest BCUT2D eigenvalue weighted by atomic mass is 10.1. The maximum atomic E-state index is 12.5. The lowest BCUT2D eigenvalue weighted by molar-refractivity contribution is -0.122. The average molecular weight is 476 g/mol. The van der Waals surface area contributed by atoms with Gasteiger partial charge in [-0.15, -0.1) is 11.3 Å². The highest BCUT2D eigenvalue weighted by Gasteiger charge is 2.26. The van der Waals surface area contributed by atoms with Crippen molar-refractivity contribution in [1.82, 2.24) is 20.1 Å². The van der Waals surface area contributed by atoms with E-state index in [1.165, 1.54) is 18.3 Å². The van der Waals surface area contributed by atoms with Crippen LogP contribution in [0.4, 0.5) is 10.8 Å². The maximum absolute atomic E-state index is 12.5. The first-order chi connectivity index (χ1) is 15.3. The van der Waals surface area contributed by atoms with E-state index in [2.05, 4.69) is 15.1 Å². The van der Waals surface area contributed by atoms with Crippen molar-refractivity contribution in [2.24, 2.45) is 0 Å². The van der Waals surface area contributed by atoms with Crippen molar-refractivity contribution in [3.05, 3.63) is 39.4 Å². The number of hydrogen-bond acceptors (Lipinski definition) is 6. The molecule has 32 heavy (non-hydrogen) atoms. The number of thiazole rings is 1. The number of piperazine rings is 1. The summed E-state index contributed by atoms with van der Waals surface area (Å²) in [7, 11) is 0. The third kappa shape index (κ3) is 5.67. The Morgan fingerprint density at radius 1 is 1.19 bits per heavy atom. The molecule has 0 radical (unpaired) electrons. The first-order valence-corrected chi connectivity index (χ1v) is 12.3. The van der Waals surface area contributed by atoms with E-state index in [0.717, 1.165) is 62.4 Å². The first kappa shape index (κ1) is 23.2. The molecule has 2 aliphatic rings. The second kappa shape index (κ2) is 9.87. The minimum absolute atomic E-state index is 0.113. The fourth-order valence-corrected chi connectivity index (χ4v) is 5.36. The summed E-state index contributed by atoms with van der Waals surface area (Å²) in [6.45, 7) is 10.2. The number of hydrogen-bond donors (Lipinski definition) is 1. The molecule has 1 aliphatic heterocycles. The average Bonchev–Trinajstić information content (AvgIpc) is 3.41. The number of aryl methyl sites for hydroxylation is 2. The Hall–Kier alpha value is -2.00. The van der Waals surface area contributed by atoms with E-state index in [0.29, 0.717) is 28.4 Å². The normalized spacial score (nSPS) is 17.4. The largest absolute Gasteiger partial charge is 0.352 e. The Bertz CT molecular complexity index is 975. The third-order valence-corrected chi connectivity index (χ3v) is 6.99. The fraction of sp³-hybridized carbons (Fsp3) is 0.522. The van der Waals surface area contributed by atoms with Gasteiger partial charge in [0.25, 0.3) is 0 Å². The van der Waals surface area contributed by atoms with Gasteiger partial charge in [-0.25, -0.2) is 4.98 Å². The van der Waals surface area contributed by atoms with Crippen LogP contribution in [0.5, 0.6) is 0 Å². The van der Waals surface area contributed by atoms with Crippen molar-refractivity contribution in [3.63, 3.8) is 0 Å². The van der Waals surface area contributed by atoms with Gasteiger partial charge in [0.15, 0.2) is 5.13 Å². The van der Waals surface area contributed by atoms with Crippen molar-refractivity contribution in [2.75, 3.05) is 37.6 Å². The maximum Gasteiger partial charge on any atom is 0.234 e. The number of carbonyl (C=O) groups is 2. The molecule has 7 nitrogen and oxygen atoms in total. The number of benzene rings is 1. The highest BCUT2D eigenvalue weighted by molar-refractivity contribution is 7.14. The van der Waals surface area contributed by atoms with E-state index in [4.69, 9.17) is 16.6 Å². The van der Waals surface area contributed by atoms with Crippen molar-refractivity contribution < 1.29 is 9.59 Å². The first-order valence-electron chi connectivity index (χ1n) is 11.1. The van der Waals surface area contributed by atoms with Crippen molar-refractivity contribution in [1.29, 1.82) is 0 Å². The van der Waals surface area contributed by atoms with E-state index in [1.807, 2.05) is 31.4 Å². The Morgan fingerprint density at radius 2 is 1.88 bits per heavy atom. The predicted molar refractivity (Wildman–Crippen MR) is 129 cm³/mol. The van der Waals surface area contributed by atoms with Gasteiger partial charge in [-0.3, -0.25) is 24.3 Å². The van der Waals surface area contributed by atoms with E-state index in [1.54, 1.807) is 4.90 Å². The standard InChI is InChI=1S/C23H30ClN5O2S/c1-15-10-16(2)22(20(24)11-15)29(17(3)30)23-26-19(14-32-23)12-27-6-8-28(9-7-27)13-21(31)25-18-4-5-18/h10-11,14,18H,4-9,12-13H2,1-3H3,(H,25,31). The number of halogens is 1. The van der Waals surface area contributed by atoms with Crippen molar-refractivity contribution >= 4 is 45.6 Å². The second-order valence-electron chi connectivity index (χ2n) is 8.78. The molecule has 1 aromatic heterocycles. The molecule has 1 saturated heterocycles. The van der Waals surface area contributed by atoms with Crippen LogP contribution in [0.3, 0.4) is 0 Å². The van der Waals surface area contributed by atoms with Gasteiger partial charge in [0.2, 0.25) is 11.8 Å². The number of rotatable bonds is 7. The zero-order chi connectivity index (χ0) is 22.8. The monoisotopic (exact) mass is 475 g/mol. The van der Waals surface area contributed by atoms with E-state index < -0.39 is 0 Å². The number of amides is 2. The molecule has 2 heterocycles. The van der Waals surface area contributed by atoms with Crippen LogP contribution in [-0.4, -0.2) is 65.4 Å². The third-order valence-electron chi connectivity index (χ3n) is 5.83. The van der Waals surface area contributed by atoms with Crippen LogP contribution in [-0.2, 0) is 16.1 Å². The van der Waals surface area contributed by atoms with Crippen LogP contribution in [0.25, 0.3) is 0 Å². The fourth-order valence-electron chi connectivity index (χ4n) is 4.09. The van der Waals surface area contributed by atoms with E-state index in [9.17, 15) is 9.59 Å². The summed E-state index contributed by atoms with van der Waals surface area (Å²) < 4.78 is 0. The lowest BCUT2D eigenvalue weighted by Crippen LogP contribution is -2.49. The molecule has 1 aromatic carbocycles. The Balaban J connectivity index is 1.37. The number of nitrogens with zero attached hydrogens (tertiary/aromatic N) is 4. The smallest absolute Gasteiger partial charge is 0.234 e. The second-order valence-corrected chi connectivity index (χ2v) is 10.0. The summed E-state index contributed by atoms with van der Waals surface area (Å²) in [5, 5.41) is 6.25. The highest BCUT2D eigenvalue weighted by atomic mass is 35.5. The van der Waals surface area contributed by atoms with Gasteiger partial charge >= 0.3 is 0 Å². The molecule has 2 amide bonds. The van der Waals surface area contributed by atoms with Crippen molar-refractivity contribution in [2.45, 2.75) is 46.2 Å². The van der Waals surface area contributed by atoms with Crippen molar-refractivity contribution in [3.8, 4) is 0 Å². The molecule has 0 spiro atoms. The molecule has 2 fully saturated rings. The zero-order valence-electron chi connectivity index (χ0n) is 18.9. The van der Waals surface area contributed by atoms with Gasteiger partial charge in [0.1, 0.15) is 0 Å². The molecular formula is C23H30ClN5O2S. The number of anilines is 2. The predicted octanol–water partition coefficient (Wildman–Crippen LogP) is 3.49. The van der Waals surface area contributed by atoms with Crippen LogP contribution in [0.1, 0.15) is 36.6 Å². The minimum atomic E-state index is -0.113. The highest BCUT2D eigenvalue weighted by Crippen LogP contribution is 2.37. The van der Waals surface area contributed by atoms with Crippen LogP contribution in [0, 0.1) is 13.8 Å². The summed E-state index contributed by atoms with van der Waals surface area (Å²) >= 11 is 7.97. The van der Waals surface area contributed by atoms with Gasteiger partial charge in [-0.05, 0) is 43.9 Å². The van der Waals surface area contributed by atoms with E-state index in [-0.39, 0.29) is 11.8 Å². The van der Waals surface area contributed by atoms with Crippen LogP contribution in [0.2, 0.25) is 5.02 Å². The summed E-state index contributed by atoms with van der Waals surface area (Å²) in [5.74, 6) is 0.0253. The topological polar surface area (TPSA) is 68.8 Å². The molecule has 1 N–H and O–H groups in total. The van der Waals surface area contributed by atoms with Gasteiger partial charge in [-0.1, -0.05) is 17.7 Å². The molecule has 0 unspecified atom stereocenters. The summed E-state index contributed by atoms with van der Waals surface area (Å²) in [6.07, 6.45) is 2.23. The van der Waals surface area contributed by atoms with E-state index >= 15 is 0 Å². The number of nitrogens with one attached hydrogen (secondary N) is 1. The Kier molecular flexibility index (Phi) is 7.14. The summed E-state index contributed by atoms with van der Waals surface area (Å²) in [5.41, 5.74) is 3.65. The summed E-state index contributed by atoms with van der Waals surface area (Å²) in [4.78, 5) is 35.5. The molecule has 1 aliphatic carbocycles. The van der Waals surface area contributed by atoms with Gasteiger partial charge in [-0.2, -0.15) is 0 Å². The van der Waals surface area contributed by atoms with Gasteiger partial charge in [0, 0.05) is 51.1 Å². The van der Waals surface area contributed by atoms with Crippen LogP contribution < -0.4 is 10.2 Å². The molecule has 9 heteroatoms. The number of carbonyl (C=O) groups excluding carboxylic acids is 2. The molecule has 0 bridgehead atoms. The minimum Gasteiger partial charge on any atom is -0.352 e. The molecule has 4 rings (SSSR count). The lowest BCUT2D eigenvalue weighted by Gasteiger charge is -2.33. The Labute approximate surface area is 198 Å². The summed E-state index contributed by atoms with van der Waals surface area (Å²) in [6, 6.07) is 4.31. The van der Waals surface area contributed by atoms with Crippen LogP contribution >= 0.6 is 22.9 Å². The number of aromatic nitrogens is 1. The molecule has 172 valence electrons. The quantitative estimate of drug-likeness (QED) is 0.663. The van der Waals surface area contributed by atoms with Gasteiger partial charge in [0.05, 0.1) is 22.9 Å². The molecule has 1 saturated carbocycles. The van der Waals surface area contributed by atoms with Gasteiger partial charge < -0.3 is 5.32 Å². The zero-order valence-corrected chi connectivity index (χ0v) is 20.4. The SMILES string of the molecule is CC(=O)N(c1nc(CN2CCN(CC(=O)NC3CC3)CC2)cs1)c1c(C)cc(C)cc1Cl. The molecule has 2 aromatic rings. The molecular weight excluding hydrogens is 446 g/mol. The van der Waals surface area contributed by atoms with Crippen LogP contribution in [0.15, 0.2) is 17.5 Å². The Morgan fingerprint density at radius 3 is 2.50 bits per heavy atom. The molecule has 0 atom stereocenters.